The van der Waals surface area contributed by atoms with Crippen molar-refractivity contribution in [1.29, 1.82) is 0 Å². The summed E-state index contributed by atoms with van der Waals surface area (Å²) in [6.45, 7) is 3.55. The Morgan fingerprint density at radius 1 is 1.37 bits per heavy atom. The van der Waals surface area contributed by atoms with Crippen LogP contribution in [0.5, 0.6) is 5.88 Å². The third-order valence-electron chi connectivity index (χ3n) is 2.08. The minimum absolute atomic E-state index is 0.308. The van der Waals surface area contributed by atoms with Crippen molar-refractivity contribution in [2.45, 2.75) is 13.3 Å². The summed E-state index contributed by atoms with van der Waals surface area (Å²) in [6, 6.07) is 0. The molecule has 0 radical (unpaired) electrons. The first-order valence-corrected chi connectivity index (χ1v) is 8.66. The molecule has 7 nitrogen and oxygen atoms in total. The first kappa shape index (κ1) is 16.2. The Labute approximate surface area is 116 Å². The molecule has 0 saturated carbocycles. The summed E-state index contributed by atoms with van der Waals surface area (Å²) in [5.41, 5.74) is 0.750. The van der Waals surface area contributed by atoms with E-state index in [9.17, 15) is 8.42 Å². The van der Waals surface area contributed by atoms with Crippen molar-refractivity contribution in [3.63, 3.8) is 0 Å². The Kier molecular flexibility index (Phi) is 7.06. The number of hydrogen-bond donors (Lipinski definition) is 2. The van der Waals surface area contributed by atoms with Gasteiger partial charge in [0.2, 0.25) is 5.88 Å². The molecule has 0 bridgehead atoms. The average Bonchev–Trinajstić information content (AvgIpc) is 2.33. The van der Waals surface area contributed by atoms with E-state index in [-0.39, 0.29) is 0 Å². The fourth-order valence-electron chi connectivity index (χ4n) is 1.25. The van der Waals surface area contributed by atoms with Gasteiger partial charge in [0.1, 0.15) is 0 Å². The summed E-state index contributed by atoms with van der Waals surface area (Å²) < 4.78 is 34.8. The molecule has 0 aliphatic carbocycles. The second kappa shape index (κ2) is 8.31. The Morgan fingerprint density at radius 3 is 2.79 bits per heavy atom. The second-order valence-corrected chi connectivity index (χ2v) is 7.12. The minimum Gasteiger partial charge on any atom is -0.476 e. The van der Waals surface area contributed by atoms with Gasteiger partial charge in [0.15, 0.2) is 0 Å². The molecule has 9 heteroatoms. The molecule has 108 valence electrons. The highest BCUT2D eigenvalue weighted by atomic mass is 33.1. The van der Waals surface area contributed by atoms with Gasteiger partial charge < -0.3 is 10.1 Å². The largest absolute Gasteiger partial charge is 0.476 e. The summed E-state index contributed by atoms with van der Waals surface area (Å²) in [5, 5.41) is 3.05. The number of rotatable bonds is 9. The molecule has 0 atom stereocenters. The minimum atomic E-state index is -3.93. The van der Waals surface area contributed by atoms with E-state index >= 15 is 0 Å². The van der Waals surface area contributed by atoms with E-state index in [0.29, 0.717) is 42.1 Å². The van der Waals surface area contributed by atoms with Gasteiger partial charge in [0.05, 0.1) is 12.3 Å². The SMILES string of the molecule is Cc1nccnc1OCCCNCCSS(=O)(=O)O. The number of nitrogens with zero attached hydrogens (tertiary/aromatic N) is 2. The molecule has 2 N–H and O–H groups in total. The van der Waals surface area contributed by atoms with Crippen molar-refractivity contribution in [2.24, 2.45) is 0 Å². The topological polar surface area (TPSA) is 101 Å². The lowest BCUT2D eigenvalue weighted by Gasteiger charge is -2.07. The smallest absolute Gasteiger partial charge is 0.319 e. The van der Waals surface area contributed by atoms with Crippen LogP contribution >= 0.6 is 10.8 Å². The molecule has 1 heterocycles. The third kappa shape index (κ3) is 7.98. The van der Waals surface area contributed by atoms with Crippen molar-refractivity contribution in [1.82, 2.24) is 15.3 Å². The number of ether oxygens (including phenoxy) is 1. The fraction of sp³-hybridized carbons (Fsp3) is 0.600. The van der Waals surface area contributed by atoms with Crippen LogP contribution in [0.15, 0.2) is 12.4 Å². The standard InChI is InChI=1S/C10H17N3O4S2/c1-9-10(13-5-4-12-9)17-7-2-3-11-6-8-18-19(14,15)16/h4-5,11H,2-3,6-8H2,1H3,(H,14,15,16). The van der Waals surface area contributed by atoms with E-state index in [1.165, 1.54) is 0 Å². The molecule has 0 amide bonds. The van der Waals surface area contributed by atoms with Crippen molar-refractivity contribution >= 4 is 19.9 Å². The number of aromatic nitrogens is 2. The van der Waals surface area contributed by atoms with E-state index < -0.39 is 9.15 Å². The summed E-state index contributed by atoms with van der Waals surface area (Å²) in [7, 11) is -3.41. The highest BCUT2D eigenvalue weighted by molar-refractivity contribution is 8.69. The Bertz CT molecular complexity index is 481. The van der Waals surface area contributed by atoms with Crippen LogP contribution in [0.1, 0.15) is 12.1 Å². The van der Waals surface area contributed by atoms with Crippen LogP contribution < -0.4 is 10.1 Å². The molecule has 0 aromatic carbocycles. The van der Waals surface area contributed by atoms with Crippen molar-refractivity contribution in [3.05, 3.63) is 18.1 Å². The molecular formula is C10H17N3O4S2. The van der Waals surface area contributed by atoms with Gasteiger partial charge in [0, 0.05) is 24.7 Å². The summed E-state index contributed by atoms with van der Waals surface area (Å²) in [4.78, 5) is 8.10. The first-order valence-electron chi connectivity index (χ1n) is 5.72. The number of hydrogen-bond acceptors (Lipinski definition) is 7. The van der Waals surface area contributed by atoms with Gasteiger partial charge in [-0.05, 0) is 30.7 Å². The van der Waals surface area contributed by atoms with E-state index in [4.69, 9.17) is 9.29 Å². The van der Waals surface area contributed by atoms with Crippen LogP contribution in [0.25, 0.3) is 0 Å². The molecule has 0 saturated heterocycles. The van der Waals surface area contributed by atoms with Gasteiger partial charge in [-0.2, -0.15) is 8.42 Å². The maximum Gasteiger partial charge on any atom is 0.319 e. The van der Waals surface area contributed by atoms with E-state index in [1.807, 2.05) is 6.92 Å². The highest BCUT2D eigenvalue weighted by Crippen LogP contribution is 2.09. The number of nitrogens with one attached hydrogen (secondary N) is 1. The molecular weight excluding hydrogens is 290 g/mol. The average molecular weight is 307 g/mol. The highest BCUT2D eigenvalue weighted by Gasteiger charge is 2.03. The molecule has 0 unspecified atom stereocenters. The molecule has 1 rings (SSSR count). The van der Waals surface area contributed by atoms with E-state index in [2.05, 4.69) is 15.3 Å². The van der Waals surface area contributed by atoms with Gasteiger partial charge in [-0.15, -0.1) is 0 Å². The molecule has 1 aromatic heterocycles. The van der Waals surface area contributed by atoms with Gasteiger partial charge in [0.25, 0.3) is 0 Å². The molecule has 0 spiro atoms. The van der Waals surface area contributed by atoms with E-state index in [0.717, 1.165) is 12.1 Å². The van der Waals surface area contributed by atoms with Crippen LogP contribution in [0.3, 0.4) is 0 Å². The summed E-state index contributed by atoms with van der Waals surface area (Å²) in [6.07, 6.45) is 3.95. The van der Waals surface area contributed by atoms with Crippen LogP contribution in [0.2, 0.25) is 0 Å². The predicted molar refractivity (Wildman–Crippen MR) is 73.8 cm³/mol. The zero-order valence-electron chi connectivity index (χ0n) is 10.6. The maximum atomic E-state index is 10.4. The lowest BCUT2D eigenvalue weighted by Crippen LogP contribution is -2.20. The van der Waals surface area contributed by atoms with Crippen LogP contribution in [0.4, 0.5) is 0 Å². The quantitative estimate of drug-likeness (QED) is 0.390. The Morgan fingerprint density at radius 2 is 2.11 bits per heavy atom. The molecule has 0 aliphatic rings. The lowest BCUT2D eigenvalue weighted by molar-refractivity contribution is 0.293. The predicted octanol–water partition coefficient (Wildman–Crippen LogP) is 0.680. The maximum absolute atomic E-state index is 10.4. The normalized spacial score (nSPS) is 11.5. The van der Waals surface area contributed by atoms with Crippen molar-refractivity contribution in [2.75, 3.05) is 25.4 Å². The van der Waals surface area contributed by atoms with Gasteiger partial charge in [-0.3, -0.25) is 9.54 Å². The second-order valence-electron chi connectivity index (χ2n) is 3.65. The zero-order valence-corrected chi connectivity index (χ0v) is 12.2. The van der Waals surface area contributed by atoms with Gasteiger partial charge in [-0.1, -0.05) is 0 Å². The monoisotopic (exact) mass is 307 g/mol. The van der Waals surface area contributed by atoms with Crippen LogP contribution in [0, 0.1) is 6.92 Å². The lowest BCUT2D eigenvalue weighted by atomic mass is 10.4. The van der Waals surface area contributed by atoms with Crippen molar-refractivity contribution in [3.8, 4) is 5.88 Å². The molecule has 19 heavy (non-hydrogen) atoms. The van der Waals surface area contributed by atoms with Gasteiger partial charge in [-0.25, -0.2) is 4.98 Å². The summed E-state index contributed by atoms with van der Waals surface area (Å²) in [5.74, 6) is 0.840. The Hall–Kier alpha value is -0.900. The summed E-state index contributed by atoms with van der Waals surface area (Å²) >= 11 is 0. The van der Waals surface area contributed by atoms with Crippen LogP contribution in [-0.4, -0.2) is 48.4 Å². The molecule has 0 fully saturated rings. The zero-order chi connectivity index (χ0) is 14.1. The molecule has 1 aromatic rings. The van der Waals surface area contributed by atoms with Crippen molar-refractivity contribution < 1.29 is 17.7 Å². The van der Waals surface area contributed by atoms with Crippen LogP contribution in [-0.2, 0) is 9.15 Å². The molecule has 0 aliphatic heterocycles. The third-order valence-corrected chi connectivity index (χ3v) is 4.15. The first-order chi connectivity index (χ1) is 8.99. The van der Waals surface area contributed by atoms with E-state index in [1.54, 1.807) is 12.4 Å². The fourth-order valence-corrected chi connectivity index (χ4v) is 2.57. The Balaban J connectivity index is 2.02. The number of aryl methyl sites for hydroxylation is 1. The van der Waals surface area contributed by atoms with Gasteiger partial charge >= 0.3 is 9.15 Å².